The smallest absolute Gasteiger partial charge is 0.135 e. The molecule has 0 radical (unpaired) electrons. The number of carbonyl (C=O) groups is 1. The number of nitrogens with zero attached hydrogens (tertiary/aromatic N) is 2. The van der Waals surface area contributed by atoms with E-state index >= 15 is 0 Å². The van der Waals surface area contributed by atoms with Crippen LogP contribution < -0.4 is 0 Å². The van der Waals surface area contributed by atoms with Crippen LogP contribution in [0.4, 0.5) is 4.39 Å². The number of Topliss-reactive ketones (excluding diaryl/α,β-unsaturated/α-hetero) is 1. The van der Waals surface area contributed by atoms with Gasteiger partial charge in [0.05, 0.1) is 11.0 Å². The molecule has 17 heavy (non-hydrogen) atoms. The van der Waals surface area contributed by atoms with Gasteiger partial charge >= 0.3 is 0 Å². The molecule has 0 unspecified atom stereocenters. The van der Waals surface area contributed by atoms with Crippen LogP contribution in [0.1, 0.15) is 19.2 Å². The molecule has 4 nitrogen and oxygen atoms in total. The minimum atomic E-state index is -0.363. The predicted molar refractivity (Wildman–Crippen MR) is 60.9 cm³/mol. The third-order valence-electron chi connectivity index (χ3n) is 2.62. The third-order valence-corrected chi connectivity index (χ3v) is 2.62. The van der Waals surface area contributed by atoms with Crippen molar-refractivity contribution in [3.8, 4) is 0 Å². The number of benzene rings is 1. The number of hydrogen-bond acceptors (Lipinski definition) is 3. The summed E-state index contributed by atoms with van der Waals surface area (Å²) in [5.74, 6) is 0.155. The Morgan fingerprint density at radius 1 is 1.53 bits per heavy atom. The molecule has 0 saturated heterocycles. The number of aliphatic hydroxyl groups is 1. The van der Waals surface area contributed by atoms with Gasteiger partial charge in [-0.3, -0.25) is 4.79 Å². The second-order valence-corrected chi connectivity index (χ2v) is 3.92. The van der Waals surface area contributed by atoms with Crippen molar-refractivity contribution in [2.45, 2.75) is 26.5 Å². The highest BCUT2D eigenvalue weighted by Gasteiger charge is 2.10. The van der Waals surface area contributed by atoms with Crippen LogP contribution in [-0.4, -0.2) is 20.4 Å². The quantitative estimate of drug-likeness (QED) is 0.878. The number of aryl methyl sites for hydroxylation is 1. The zero-order chi connectivity index (χ0) is 12.4. The van der Waals surface area contributed by atoms with Gasteiger partial charge in [0.2, 0.25) is 0 Å². The fourth-order valence-corrected chi connectivity index (χ4v) is 1.79. The lowest BCUT2D eigenvalue weighted by molar-refractivity contribution is -0.117. The Kier molecular flexibility index (Phi) is 3.19. The molecule has 0 fully saturated rings. The summed E-state index contributed by atoms with van der Waals surface area (Å²) in [5.41, 5.74) is 1.23. The number of halogens is 1. The van der Waals surface area contributed by atoms with Crippen molar-refractivity contribution in [3.63, 3.8) is 0 Å². The Morgan fingerprint density at radius 2 is 2.29 bits per heavy atom. The maximum atomic E-state index is 13.0. The maximum absolute atomic E-state index is 13.0. The Morgan fingerprint density at radius 3 is 2.94 bits per heavy atom. The molecule has 0 saturated carbocycles. The first-order valence-corrected chi connectivity index (χ1v) is 5.37. The van der Waals surface area contributed by atoms with Gasteiger partial charge in [-0.15, -0.1) is 0 Å². The summed E-state index contributed by atoms with van der Waals surface area (Å²) < 4.78 is 14.8. The van der Waals surface area contributed by atoms with Gasteiger partial charge in [-0.25, -0.2) is 9.37 Å². The molecule has 2 rings (SSSR count). The van der Waals surface area contributed by atoms with E-state index in [0.717, 1.165) is 5.52 Å². The average Bonchev–Trinajstić information content (AvgIpc) is 2.63. The van der Waals surface area contributed by atoms with Crippen LogP contribution >= 0.6 is 0 Å². The van der Waals surface area contributed by atoms with Crippen molar-refractivity contribution >= 4 is 16.8 Å². The summed E-state index contributed by atoms with van der Waals surface area (Å²) in [7, 11) is 0. The first kappa shape index (κ1) is 11.7. The van der Waals surface area contributed by atoms with Crippen molar-refractivity contribution in [1.82, 2.24) is 9.55 Å². The third kappa shape index (κ3) is 2.34. The van der Waals surface area contributed by atoms with E-state index in [1.165, 1.54) is 19.1 Å². The molecule has 90 valence electrons. The summed E-state index contributed by atoms with van der Waals surface area (Å²) in [6, 6.07) is 4.27. The zero-order valence-electron chi connectivity index (χ0n) is 9.48. The van der Waals surface area contributed by atoms with Crippen LogP contribution in [0.15, 0.2) is 18.2 Å². The van der Waals surface area contributed by atoms with Gasteiger partial charge in [-0.2, -0.15) is 0 Å². The summed E-state index contributed by atoms with van der Waals surface area (Å²) >= 11 is 0. The summed E-state index contributed by atoms with van der Waals surface area (Å²) in [5, 5.41) is 9.19. The van der Waals surface area contributed by atoms with Gasteiger partial charge in [-0.05, 0) is 19.1 Å². The Bertz CT molecular complexity index is 563. The fourth-order valence-electron chi connectivity index (χ4n) is 1.79. The number of aromatic nitrogens is 2. The highest BCUT2D eigenvalue weighted by molar-refractivity contribution is 5.77. The van der Waals surface area contributed by atoms with E-state index in [1.807, 2.05) is 0 Å². The Labute approximate surface area is 97.7 Å². The molecule has 1 aromatic heterocycles. The minimum absolute atomic E-state index is 0.0675. The molecule has 5 heteroatoms. The molecule has 0 spiro atoms. The number of imidazole rings is 1. The molecule has 1 N–H and O–H groups in total. The van der Waals surface area contributed by atoms with Crippen molar-refractivity contribution in [3.05, 3.63) is 29.8 Å². The van der Waals surface area contributed by atoms with Crippen LogP contribution in [0, 0.1) is 5.82 Å². The topological polar surface area (TPSA) is 55.1 Å². The zero-order valence-corrected chi connectivity index (χ0v) is 9.48. The molecule has 2 aromatic rings. The highest BCUT2D eigenvalue weighted by Crippen LogP contribution is 2.18. The summed E-state index contributed by atoms with van der Waals surface area (Å²) in [6.07, 6.45) is 0.371. The molecule has 1 aromatic carbocycles. The van der Waals surface area contributed by atoms with Gasteiger partial charge in [0, 0.05) is 19.0 Å². The van der Waals surface area contributed by atoms with E-state index in [4.69, 9.17) is 0 Å². The van der Waals surface area contributed by atoms with Crippen LogP contribution in [0.2, 0.25) is 0 Å². The number of aliphatic hydroxyl groups excluding tert-OH is 1. The molecule has 0 aliphatic carbocycles. The number of rotatable bonds is 4. The van der Waals surface area contributed by atoms with E-state index in [0.29, 0.717) is 24.3 Å². The Hall–Kier alpha value is -1.75. The Balaban J connectivity index is 2.47. The molecule has 0 aliphatic rings. The molecular formula is C12H13FN2O2. The number of carbonyl (C=O) groups excluding carboxylic acids is 1. The molecule has 0 atom stereocenters. The molecule has 0 bridgehead atoms. The molecular weight excluding hydrogens is 223 g/mol. The largest absolute Gasteiger partial charge is 0.388 e. The van der Waals surface area contributed by atoms with Crippen molar-refractivity contribution in [2.75, 3.05) is 0 Å². The first-order valence-electron chi connectivity index (χ1n) is 5.37. The highest BCUT2D eigenvalue weighted by atomic mass is 19.1. The van der Waals surface area contributed by atoms with E-state index in [1.54, 1.807) is 10.6 Å². The summed E-state index contributed by atoms with van der Waals surface area (Å²) in [4.78, 5) is 15.1. The van der Waals surface area contributed by atoms with Crippen LogP contribution in [0.5, 0.6) is 0 Å². The fraction of sp³-hybridized carbons (Fsp3) is 0.333. The van der Waals surface area contributed by atoms with Gasteiger partial charge < -0.3 is 9.67 Å². The van der Waals surface area contributed by atoms with Gasteiger partial charge in [0.1, 0.15) is 24.0 Å². The van der Waals surface area contributed by atoms with E-state index in [-0.39, 0.29) is 18.2 Å². The molecule has 1 heterocycles. The van der Waals surface area contributed by atoms with Gasteiger partial charge in [0.15, 0.2) is 0 Å². The first-order chi connectivity index (χ1) is 8.11. The minimum Gasteiger partial charge on any atom is -0.388 e. The second kappa shape index (κ2) is 4.63. The second-order valence-electron chi connectivity index (χ2n) is 3.92. The van der Waals surface area contributed by atoms with Gasteiger partial charge in [-0.1, -0.05) is 0 Å². The van der Waals surface area contributed by atoms with Crippen LogP contribution in [0.25, 0.3) is 11.0 Å². The SMILES string of the molecule is CC(=O)CCn1c(CO)nc2cc(F)ccc21. The van der Waals surface area contributed by atoms with Crippen LogP contribution in [0.3, 0.4) is 0 Å². The number of ketones is 1. The van der Waals surface area contributed by atoms with Crippen molar-refractivity contribution < 1.29 is 14.3 Å². The number of fused-ring (bicyclic) bond motifs is 1. The lowest BCUT2D eigenvalue weighted by atomic mass is 10.3. The van der Waals surface area contributed by atoms with Crippen molar-refractivity contribution in [2.24, 2.45) is 0 Å². The molecule has 0 amide bonds. The predicted octanol–water partition coefficient (Wildman–Crippen LogP) is 1.65. The summed E-state index contributed by atoms with van der Waals surface area (Å²) in [6.45, 7) is 1.74. The van der Waals surface area contributed by atoms with E-state index < -0.39 is 0 Å². The molecule has 0 aliphatic heterocycles. The lowest BCUT2D eigenvalue weighted by Crippen LogP contribution is -2.06. The van der Waals surface area contributed by atoms with Crippen molar-refractivity contribution in [1.29, 1.82) is 0 Å². The standard InChI is InChI=1S/C12H13FN2O2/c1-8(17)4-5-15-11-3-2-9(13)6-10(11)14-12(15)7-16/h2-3,6,16H,4-5,7H2,1H3. The monoisotopic (exact) mass is 236 g/mol. The number of hydrogen-bond donors (Lipinski definition) is 1. The van der Waals surface area contributed by atoms with E-state index in [9.17, 15) is 14.3 Å². The maximum Gasteiger partial charge on any atom is 0.135 e. The van der Waals surface area contributed by atoms with Gasteiger partial charge in [0.25, 0.3) is 0 Å². The van der Waals surface area contributed by atoms with E-state index in [2.05, 4.69) is 4.98 Å². The normalized spacial score (nSPS) is 11.0. The lowest BCUT2D eigenvalue weighted by Gasteiger charge is -2.05. The average molecular weight is 236 g/mol. The van der Waals surface area contributed by atoms with Crippen LogP contribution in [-0.2, 0) is 17.9 Å².